The zero-order valence-electron chi connectivity index (χ0n) is 10.4. The van der Waals surface area contributed by atoms with Crippen molar-refractivity contribution < 1.29 is 9.21 Å². The van der Waals surface area contributed by atoms with Crippen molar-refractivity contribution in [2.24, 2.45) is 0 Å². The SMILES string of the molecule is C=CCn1c(C(C)NC(=O)c2ccco2)n[nH]c1=S. The zero-order chi connectivity index (χ0) is 13.8. The van der Waals surface area contributed by atoms with Gasteiger partial charge in [0.15, 0.2) is 16.4 Å². The Kier molecular flexibility index (Phi) is 3.96. The maximum atomic E-state index is 11.9. The van der Waals surface area contributed by atoms with Crippen LogP contribution in [0.4, 0.5) is 0 Å². The Morgan fingerprint density at radius 3 is 3.21 bits per heavy atom. The van der Waals surface area contributed by atoms with Gasteiger partial charge in [-0.25, -0.2) is 0 Å². The summed E-state index contributed by atoms with van der Waals surface area (Å²) < 4.78 is 7.30. The third-order valence-electron chi connectivity index (χ3n) is 2.58. The van der Waals surface area contributed by atoms with Gasteiger partial charge in [0, 0.05) is 6.54 Å². The highest BCUT2D eigenvalue weighted by Gasteiger charge is 2.18. The quantitative estimate of drug-likeness (QED) is 0.649. The summed E-state index contributed by atoms with van der Waals surface area (Å²) in [5.74, 6) is 0.609. The van der Waals surface area contributed by atoms with E-state index in [-0.39, 0.29) is 17.7 Å². The molecular formula is C12H14N4O2S. The van der Waals surface area contributed by atoms with Gasteiger partial charge in [-0.3, -0.25) is 14.5 Å². The van der Waals surface area contributed by atoms with Crippen LogP contribution in [0.3, 0.4) is 0 Å². The summed E-state index contributed by atoms with van der Waals surface area (Å²) in [6.07, 6.45) is 3.17. The maximum absolute atomic E-state index is 11.9. The van der Waals surface area contributed by atoms with E-state index >= 15 is 0 Å². The molecule has 6 nitrogen and oxygen atoms in total. The number of rotatable bonds is 5. The number of amides is 1. The highest BCUT2D eigenvalue weighted by Crippen LogP contribution is 2.11. The van der Waals surface area contributed by atoms with Gasteiger partial charge in [0.1, 0.15) is 0 Å². The topological polar surface area (TPSA) is 75.8 Å². The van der Waals surface area contributed by atoms with Crippen LogP contribution in [0.2, 0.25) is 0 Å². The van der Waals surface area contributed by atoms with Gasteiger partial charge < -0.3 is 9.73 Å². The molecule has 0 aliphatic carbocycles. The van der Waals surface area contributed by atoms with E-state index in [2.05, 4.69) is 22.1 Å². The van der Waals surface area contributed by atoms with Gasteiger partial charge in [-0.1, -0.05) is 6.08 Å². The lowest BCUT2D eigenvalue weighted by molar-refractivity contribution is 0.0909. The van der Waals surface area contributed by atoms with Crippen molar-refractivity contribution in [3.63, 3.8) is 0 Å². The average Bonchev–Trinajstić information content (AvgIpc) is 3.01. The van der Waals surface area contributed by atoms with Crippen LogP contribution >= 0.6 is 12.2 Å². The van der Waals surface area contributed by atoms with Crippen LogP contribution in [0.5, 0.6) is 0 Å². The van der Waals surface area contributed by atoms with Crippen molar-refractivity contribution in [1.82, 2.24) is 20.1 Å². The van der Waals surface area contributed by atoms with Crippen LogP contribution in [0.25, 0.3) is 0 Å². The molecule has 2 rings (SSSR count). The molecule has 0 radical (unpaired) electrons. The Morgan fingerprint density at radius 2 is 2.58 bits per heavy atom. The van der Waals surface area contributed by atoms with Crippen LogP contribution in [-0.2, 0) is 6.54 Å². The molecule has 1 amide bonds. The van der Waals surface area contributed by atoms with Crippen LogP contribution in [-0.4, -0.2) is 20.7 Å². The van der Waals surface area contributed by atoms with E-state index in [1.54, 1.807) is 22.8 Å². The summed E-state index contributed by atoms with van der Waals surface area (Å²) in [7, 11) is 0. The van der Waals surface area contributed by atoms with Crippen molar-refractivity contribution in [1.29, 1.82) is 0 Å². The lowest BCUT2D eigenvalue weighted by Gasteiger charge is -2.13. The molecule has 0 fully saturated rings. The van der Waals surface area contributed by atoms with Crippen LogP contribution in [0, 0.1) is 4.77 Å². The Bertz CT molecular complexity index is 626. The highest BCUT2D eigenvalue weighted by molar-refractivity contribution is 7.71. The lowest BCUT2D eigenvalue weighted by Crippen LogP contribution is -2.28. The minimum absolute atomic E-state index is 0.260. The minimum atomic E-state index is -0.300. The van der Waals surface area contributed by atoms with Gasteiger partial charge in [0.2, 0.25) is 0 Å². The van der Waals surface area contributed by atoms with E-state index in [1.165, 1.54) is 6.26 Å². The lowest BCUT2D eigenvalue weighted by atomic mass is 10.3. The Labute approximate surface area is 115 Å². The molecule has 0 bridgehead atoms. The largest absolute Gasteiger partial charge is 0.459 e. The predicted octanol–water partition coefficient (Wildman–Crippen LogP) is 2.21. The summed E-state index contributed by atoms with van der Waals surface area (Å²) in [4.78, 5) is 11.9. The number of H-pyrrole nitrogens is 1. The number of carbonyl (C=O) groups excluding carboxylic acids is 1. The summed E-state index contributed by atoms with van der Waals surface area (Å²) in [5, 5.41) is 9.62. The number of nitrogens with one attached hydrogen (secondary N) is 2. The molecule has 7 heteroatoms. The van der Waals surface area contributed by atoms with Crippen LogP contribution in [0.1, 0.15) is 29.3 Å². The first kappa shape index (κ1) is 13.3. The molecule has 19 heavy (non-hydrogen) atoms. The van der Waals surface area contributed by atoms with E-state index in [9.17, 15) is 4.79 Å². The van der Waals surface area contributed by atoms with E-state index < -0.39 is 0 Å². The molecule has 2 aromatic rings. The van der Waals surface area contributed by atoms with Crippen molar-refractivity contribution >= 4 is 18.1 Å². The normalized spacial score (nSPS) is 12.1. The second kappa shape index (κ2) is 5.66. The number of aromatic nitrogens is 3. The fraction of sp³-hybridized carbons (Fsp3) is 0.250. The fourth-order valence-electron chi connectivity index (χ4n) is 1.71. The van der Waals surface area contributed by atoms with E-state index in [1.807, 2.05) is 6.92 Å². The average molecular weight is 278 g/mol. The summed E-state index contributed by atoms with van der Waals surface area (Å²) in [6, 6.07) is 2.96. The number of furan rings is 1. The molecule has 0 saturated heterocycles. The fourth-order valence-corrected chi connectivity index (χ4v) is 1.92. The van der Waals surface area contributed by atoms with Gasteiger partial charge in [-0.2, -0.15) is 5.10 Å². The second-order valence-electron chi connectivity index (χ2n) is 3.96. The Hall–Kier alpha value is -2.15. The monoisotopic (exact) mass is 278 g/mol. The third-order valence-corrected chi connectivity index (χ3v) is 2.89. The molecule has 100 valence electrons. The summed E-state index contributed by atoms with van der Waals surface area (Å²) in [5.41, 5.74) is 0. The number of hydrogen-bond donors (Lipinski definition) is 2. The molecule has 1 atom stereocenters. The van der Waals surface area contributed by atoms with E-state index in [0.717, 1.165) is 0 Å². The number of aromatic amines is 1. The number of carbonyl (C=O) groups is 1. The molecular weight excluding hydrogens is 264 g/mol. The summed E-state index contributed by atoms with van der Waals surface area (Å²) in [6.45, 7) is 6.03. The molecule has 2 aromatic heterocycles. The first-order valence-electron chi connectivity index (χ1n) is 5.74. The number of hydrogen-bond acceptors (Lipinski definition) is 4. The van der Waals surface area contributed by atoms with Gasteiger partial charge in [-0.05, 0) is 31.3 Å². The van der Waals surface area contributed by atoms with Gasteiger partial charge in [0.05, 0.1) is 12.3 Å². The highest BCUT2D eigenvalue weighted by atomic mass is 32.1. The molecule has 0 spiro atoms. The molecule has 2 heterocycles. The zero-order valence-corrected chi connectivity index (χ0v) is 11.2. The molecule has 0 aliphatic rings. The molecule has 0 aliphatic heterocycles. The first-order chi connectivity index (χ1) is 9.13. The van der Waals surface area contributed by atoms with Crippen molar-refractivity contribution in [2.75, 3.05) is 0 Å². The van der Waals surface area contributed by atoms with Crippen molar-refractivity contribution in [3.8, 4) is 0 Å². The summed E-state index contributed by atoms with van der Waals surface area (Å²) >= 11 is 5.12. The Balaban J connectivity index is 2.16. The smallest absolute Gasteiger partial charge is 0.287 e. The van der Waals surface area contributed by atoms with Gasteiger partial charge in [-0.15, -0.1) is 6.58 Å². The second-order valence-corrected chi connectivity index (χ2v) is 4.35. The molecule has 1 unspecified atom stereocenters. The van der Waals surface area contributed by atoms with Gasteiger partial charge >= 0.3 is 0 Å². The standard InChI is InChI=1S/C12H14N4O2S/c1-3-6-16-10(14-15-12(16)19)8(2)13-11(17)9-5-4-7-18-9/h3-5,7-8H,1,6H2,2H3,(H,13,17)(H,15,19). The van der Waals surface area contributed by atoms with Gasteiger partial charge in [0.25, 0.3) is 5.91 Å². The predicted molar refractivity (Wildman–Crippen MR) is 72.2 cm³/mol. The van der Waals surface area contributed by atoms with E-state index in [0.29, 0.717) is 17.1 Å². The van der Waals surface area contributed by atoms with Crippen LogP contribution < -0.4 is 5.32 Å². The van der Waals surface area contributed by atoms with Crippen LogP contribution in [0.15, 0.2) is 35.5 Å². The third kappa shape index (κ3) is 2.82. The molecule has 0 aromatic carbocycles. The van der Waals surface area contributed by atoms with E-state index in [4.69, 9.17) is 16.6 Å². The van der Waals surface area contributed by atoms with Crippen molar-refractivity contribution in [3.05, 3.63) is 47.4 Å². The first-order valence-corrected chi connectivity index (χ1v) is 6.14. The van der Waals surface area contributed by atoms with Crippen molar-refractivity contribution in [2.45, 2.75) is 19.5 Å². The molecule has 0 saturated carbocycles. The Morgan fingerprint density at radius 1 is 1.79 bits per heavy atom. The maximum Gasteiger partial charge on any atom is 0.287 e. The molecule has 2 N–H and O–H groups in total. The minimum Gasteiger partial charge on any atom is -0.459 e. The number of nitrogens with zero attached hydrogens (tertiary/aromatic N) is 2. The number of allylic oxidation sites excluding steroid dienone is 1.